The number of halogens is 1. The molecule has 0 radical (unpaired) electrons. The predicted octanol–water partition coefficient (Wildman–Crippen LogP) is 0.608. The van der Waals surface area contributed by atoms with E-state index in [0.29, 0.717) is 25.3 Å². The molecule has 0 aromatic carbocycles. The summed E-state index contributed by atoms with van der Waals surface area (Å²) in [6, 6.07) is 1.56. The van der Waals surface area contributed by atoms with Gasteiger partial charge in [0.25, 0.3) is 5.91 Å². The van der Waals surface area contributed by atoms with Crippen molar-refractivity contribution in [1.29, 1.82) is 0 Å². The molecule has 0 bridgehead atoms. The monoisotopic (exact) mass is 394 g/mol. The molecule has 0 saturated carbocycles. The van der Waals surface area contributed by atoms with Crippen molar-refractivity contribution < 1.29 is 13.2 Å². The first-order valence-electron chi connectivity index (χ1n) is 7.78. The van der Waals surface area contributed by atoms with Crippen molar-refractivity contribution in [1.82, 2.24) is 19.5 Å². The predicted molar refractivity (Wildman–Crippen MR) is 97.5 cm³/mol. The van der Waals surface area contributed by atoms with Crippen molar-refractivity contribution in [3.8, 4) is 0 Å². The van der Waals surface area contributed by atoms with E-state index in [9.17, 15) is 13.2 Å². The summed E-state index contributed by atoms with van der Waals surface area (Å²) in [6.45, 7) is 5.17. The Labute approximate surface area is 153 Å². The number of aromatic amines is 1. The zero-order valence-corrected chi connectivity index (χ0v) is 16.0. The van der Waals surface area contributed by atoms with Crippen LogP contribution >= 0.6 is 24.2 Å². The van der Waals surface area contributed by atoms with E-state index in [2.05, 4.69) is 10.3 Å². The molecular weight excluding hydrogens is 372 g/mol. The van der Waals surface area contributed by atoms with Crippen LogP contribution in [0.1, 0.15) is 17.4 Å². The number of hydrogen-bond donors (Lipinski definition) is 2. The Balaban J connectivity index is 0.00000208. The largest absolute Gasteiger partial charge is 0.356 e. The fourth-order valence-corrected chi connectivity index (χ4v) is 5.45. The molecule has 2 aliphatic rings. The summed E-state index contributed by atoms with van der Waals surface area (Å²) in [5, 5.41) is 3.23. The van der Waals surface area contributed by atoms with Crippen LogP contribution in [0, 0.1) is 0 Å². The molecule has 1 aromatic rings. The highest BCUT2D eigenvalue weighted by Crippen LogP contribution is 2.21. The Kier molecular flexibility index (Phi) is 6.60. The summed E-state index contributed by atoms with van der Waals surface area (Å²) in [5.74, 6) is 1.48. The second kappa shape index (κ2) is 8.09. The van der Waals surface area contributed by atoms with Crippen molar-refractivity contribution in [3.05, 3.63) is 18.0 Å². The number of H-pyrrole nitrogens is 1. The highest BCUT2D eigenvalue weighted by atomic mass is 35.5. The number of rotatable bonds is 3. The molecule has 2 aliphatic heterocycles. The van der Waals surface area contributed by atoms with Crippen LogP contribution in [0.25, 0.3) is 0 Å². The molecule has 0 spiro atoms. The third kappa shape index (κ3) is 3.91. The van der Waals surface area contributed by atoms with Gasteiger partial charge in [-0.1, -0.05) is 0 Å². The molecule has 3 rings (SSSR count). The van der Waals surface area contributed by atoms with Crippen LogP contribution < -0.4 is 5.32 Å². The lowest BCUT2D eigenvalue weighted by molar-refractivity contribution is 0.0650. The molecular formula is C14H23ClN4O3S2. The van der Waals surface area contributed by atoms with E-state index < -0.39 is 10.0 Å². The fourth-order valence-electron chi connectivity index (χ4n) is 2.88. The number of thioether (sulfide) groups is 1. The first-order valence-corrected chi connectivity index (χ1v) is 10.4. The van der Waals surface area contributed by atoms with Crippen LogP contribution in [0.15, 0.2) is 17.2 Å². The number of aromatic nitrogens is 1. The van der Waals surface area contributed by atoms with Crippen LogP contribution in [0.4, 0.5) is 0 Å². The molecule has 3 heterocycles. The van der Waals surface area contributed by atoms with E-state index in [1.807, 2.05) is 6.92 Å². The number of nitrogens with one attached hydrogen (secondary N) is 2. The molecule has 10 heteroatoms. The number of carbonyl (C=O) groups excluding carboxylic acids is 1. The van der Waals surface area contributed by atoms with Crippen molar-refractivity contribution in [2.24, 2.45) is 0 Å². The van der Waals surface area contributed by atoms with Gasteiger partial charge in [0.1, 0.15) is 10.6 Å². The van der Waals surface area contributed by atoms with Crippen LogP contribution in [-0.4, -0.2) is 78.8 Å². The second-order valence-electron chi connectivity index (χ2n) is 5.82. The topological polar surface area (TPSA) is 85.5 Å². The molecule has 2 fully saturated rings. The Morgan fingerprint density at radius 3 is 2.67 bits per heavy atom. The zero-order valence-electron chi connectivity index (χ0n) is 13.5. The van der Waals surface area contributed by atoms with Gasteiger partial charge in [0, 0.05) is 56.5 Å². The van der Waals surface area contributed by atoms with Gasteiger partial charge in [0.05, 0.1) is 0 Å². The van der Waals surface area contributed by atoms with Crippen LogP contribution in [0.5, 0.6) is 0 Å². The van der Waals surface area contributed by atoms with E-state index >= 15 is 0 Å². The summed E-state index contributed by atoms with van der Waals surface area (Å²) < 4.78 is 26.7. The van der Waals surface area contributed by atoms with Crippen molar-refractivity contribution in [3.63, 3.8) is 0 Å². The molecule has 0 aliphatic carbocycles. The molecule has 7 nitrogen and oxygen atoms in total. The average Bonchev–Trinajstić information content (AvgIpc) is 3.06. The number of piperazine rings is 1. The highest BCUT2D eigenvalue weighted by molar-refractivity contribution is 7.99. The van der Waals surface area contributed by atoms with Gasteiger partial charge in [-0.25, -0.2) is 8.42 Å². The zero-order chi connectivity index (χ0) is 16.4. The third-order valence-electron chi connectivity index (χ3n) is 4.26. The number of amides is 1. The normalized spacial score (nSPS) is 22.9. The van der Waals surface area contributed by atoms with Gasteiger partial charge in [0.2, 0.25) is 10.0 Å². The van der Waals surface area contributed by atoms with E-state index in [1.165, 1.54) is 16.6 Å². The molecule has 1 amide bonds. The van der Waals surface area contributed by atoms with E-state index in [0.717, 1.165) is 24.6 Å². The maximum Gasteiger partial charge on any atom is 0.270 e. The first-order chi connectivity index (χ1) is 11.0. The minimum absolute atomic E-state index is 0. The number of nitrogens with zero attached hydrogens (tertiary/aromatic N) is 2. The molecule has 1 aromatic heterocycles. The number of hydrogen-bond acceptors (Lipinski definition) is 5. The van der Waals surface area contributed by atoms with Gasteiger partial charge in [-0.3, -0.25) is 4.79 Å². The van der Waals surface area contributed by atoms with Crippen molar-refractivity contribution in [2.45, 2.75) is 17.9 Å². The standard InChI is InChI=1S/C14H22N4O3S2.ClH/c1-11-9-15-2-3-18(11)14(19)13-8-12(10-16-13)23(20,21)17-4-6-22-7-5-17;/h8,10-11,15-16H,2-7,9H2,1H3;1H/t11-;/m1./s1. The third-order valence-corrected chi connectivity index (χ3v) is 7.08. The lowest BCUT2D eigenvalue weighted by Gasteiger charge is -2.33. The van der Waals surface area contributed by atoms with Crippen molar-refractivity contribution in [2.75, 3.05) is 44.2 Å². The van der Waals surface area contributed by atoms with Gasteiger partial charge in [-0.15, -0.1) is 12.4 Å². The summed E-state index contributed by atoms with van der Waals surface area (Å²) in [6.07, 6.45) is 1.43. The minimum atomic E-state index is -3.51. The number of carbonyl (C=O) groups is 1. The molecule has 136 valence electrons. The van der Waals surface area contributed by atoms with Gasteiger partial charge >= 0.3 is 0 Å². The molecule has 2 N–H and O–H groups in total. The minimum Gasteiger partial charge on any atom is -0.356 e. The fraction of sp³-hybridized carbons (Fsp3) is 0.643. The lowest BCUT2D eigenvalue weighted by atomic mass is 10.2. The van der Waals surface area contributed by atoms with Gasteiger partial charge in [0.15, 0.2) is 0 Å². The van der Waals surface area contributed by atoms with Crippen LogP contribution in [-0.2, 0) is 10.0 Å². The smallest absolute Gasteiger partial charge is 0.270 e. The lowest BCUT2D eigenvalue weighted by Crippen LogP contribution is -2.52. The summed E-state index contributed by atoms with van der Waals surface area (Å²) >= 11 is 1.76. The molecule has 24 heavy (non-hydrogen) atoms. The first kappa shape index (κ1) is 19.6. The van der Waals surface area contributed by atoms with Gasteiger partial charge in [-0.2, -0.15) is 16.1 Å². The Morgan fingerprint density at radius 2 is 2.00 bits per heavy atom. The maximum absolute atomic E-state index is 12.6. The van der Waals surface area contributed by atoms with E-state index in [1.54, 1.807) is 16.7 Å². The van der Waals surface area contributed by atoms with E-state index in [-0.39, 0.29) is 29.3 Å². The molecule has 0 unspecified atom stereocenters. The Hall–Kier alpha value is -0.740. The maximum atomic E-state index is 12.6. The van der Waals surface area contributed by atoms with Crippen LogP contribution in [0.3, 0.4) is 0 Å². The Bertz CT molecular complexity index is 673. The highest BCUT2D eigenvalue weighted by Gasteiger charge is 2.30. The average molecular weight is 395 g/mol. The Morgan fingerprint density at radius 1 is 1.29 bits per heavy atom. The quantitative estimate of drug-likeness (QED) is 0.784. The summed E-state index contributed by atoms with van der Waals surface area (Å²) in [4.78, 5) is 17.4. The van der Waals surface area contributed by atoms with Gasteiger partial charge in [-0.05, 0) is 13.0 Å². The van der Waals surface area contributed by atoms with Gasteiger partial charge < -0.3 is 15.2 Å². The van der Waals surface area contributed by atoms with Crippen molar-refractivity contribution >= 4 is 40.1 Å². The molecule has 2 saturated heterocycles. The summed E-state index contributed by atoms with van der Waals surface area (Å²) in [7, 11) is -3.51. The molecule has 1 atom stereocenters. The van der Waals surface area contributed by atoms with E-state index in [4.69, 9.17) is 0 Å². The van der Waals surface area contributed by atoms with Crippen LogP contribution in [0.2, 0.25) is 0 Å². The number of sulfonamides is 1. The SMILES string of the molecule is C[C@@H]1CNCCN1C(=O)c1cc(S(=O)(=O)N2CCSCC2)c[nH]1.Cl. The second-order valence-corrected chi connectivity index (χ2v) is 8.98. The summed E-state index contributed by atoms with van der Waals surface area (Å²) in [5.41, 5.74) is 0.337.